The first kappa shape index (κ1) is 11.6. The second-order valence-electron chi connectivity index (χ2n) is 4.35. The SMILES string of the molecule is C=CC(=O)[C@H]1CC(=O)N(c2ccc(C)cc2)C1.[HH]. The van der Waals surface area contributed by atoms with E-state index in [-0.39, 0.29) is 19.0 Å². The Labute approximate surface area is 102 Å². The Bertz CT molecular complexity index is 467. The molecule has 0 unspecified atom stereocenters. The summed E-state index contributed by atoms with van der Waals surface area (Å²) in [5, 5.41) is 0. The van der Waals surface area contributed by atoms with E-state index in [9.17, 15) is 9.59 Å². The third-order valence-electron chi connectivity index (χ3n) is 3.07. The molecule has 3 nitrogen and oxygen atoms in total. The van der Waals surface area contributed by atoms with Crippen molar-refractivity contribution in [2.45, 2.75) is 13.3 Å². The van der Waals surface area contributed by atoms with Crippen LogP contribution >= 0.6 is 0 Å². The third-order valence-corrected chi connectivity index (χ3v) is 3.07. The van der Waals surface area contributed by atoms with Gasteiger partial charge in [0.05, 0.1) is 0 Å². The van der Waals surface area contributed by atoms with Crippen molar-refractivity contribution in [2.75, 3.05) is 11.4 Å². The Morgan fingerprint density at radius 1 is 1.47 bits per heavy atom. The van der Waals surface area contributed by atoms with Gasteiger partial charge in [-0.2, -0.15) is 0 Å². The summed E-state index contributed by atoms with van der Waals surface area (Å²) in [6, 6.07) is 7.75. The van der Waals surface area contributed by atoms with E-state index in [1.807, 2.05) is 31.2 Å². The second-order valence-corrected chi connectivity index (χ2v) is 4.35. The molecule has 17 heavy (non-hydrogen) atoms. The highest BCUT2D eigenvalue weighted by atomic mass is 16.2. The molecule has 0 aliphatic carbocycles. The molecular formula is C14H17NO2. The highest BCUT2D eigenvalue weighted by molar-refractivity contribution is 6.03. The second kappa shape index (κ2) is 4.53. The van der Waals surface area contributed by atoms with Crippen molar-refractivity contribution >= 4 is 17.4 Å². The van der Waals surface area contributed by atoms with Gasteiger partial charge in [-0.3, -0.25) is 9.59 Å². The zero-order valence-corrected chi connectivity index (χ0v) is 9.85. The fourth-order valence-electron chi connectivity index (χ4n) is 2.04. The van der Waals surface area contributed by atoms with Crippen molar-refractivity contribution in [1.82, 2.24) is 0 Å². The van der Waals surface area contributed by atoms with Crippen LogP contribution in [0.25, 0.3) is 0 Å². The lowest BCUT2D eigenvalue weighted by Crippen LogP contribution is -2.25. The number of hydrogen-bond donors (Lipinski definition) is 0. The molecule has 0 bridgehead atoms. The summed E-state index contributed by atoms with van der Waals surface area (Å²) in [6.07, 6.45) is 1.59. The Morgan fingerprint density at radius 2 is 2.12 bits per heavy atom. The number of nitrogens with zero attached hydrogens (tertiary/aromatic N) is 1. The first-order valence-electron chi connectivity index (χ1n) is 5.65. The van der Waals surface area contributed by atoms with Crippen LogP contribution < -0.4 is 4.90 Å². The first-order valence-corrected chi connectivity index (χ1v) is 5.65. The monoisotopic (exact) mass is 231 g/mol. The van der Waals surface area contributed by atoms with Crippen LogP contribution in [0.1, 0.15) is 13.4 Å². The van der Waals surface area contributed by atoms with Gasteiger partial charge < -0.3 is 4.90 Å². The summed E-state index contributed by atoms with van der Waals surface area (Å²) >= 11 is 0. The Morgan fingerprint density at radius 3 is 2.71 bits per heavy atom. The standard InChI is InChI=1S/C14H15NO2.H2/c1-3-13(16)11-8-14(17)15(9-11)12-6-4-10(2)5-7-12;/h3-7,11H,1,8-9H2,2H3;1H/t11-;/m0./s1. The van der Waals surface area contributed by atoms with Crippen molar-refractivity contribution < 1.29 is 11.0 Å². The van der Waals surface area contributed by atoms with E-state index in [1.54, 1.807) is 4.90 Å². The zero-order valence-electron chi connectivity index (χ0n) is 9.85. The number of amides is 1. The zero-order chi connectivity index (χ0) is 12.4. The van der Waals surface area contributed by atoms with Gasteiger partial charge in [0.2, 0.25) is 5.91 Å². The predicted molar refractivity (Wildman–Crippen MR) is 69.0 cm³/mol. The largest absolute Gasteiger partial charge is 0.312 e. The maximum Gasteiger partial charge on any atom is 0.227 e. The fourth-order valence-corrected chi connectivity index (χ4v) is 2.04. The lowest BCUT2D eigenvalue weighted by atomic mass is 10.0. The lowest BCUT2D eigenvalue weighted by Gasteiger charge is -2.16. The smallest absolute Gasteiger partial charge is 0.227 e. The van der Waals surface area contributed by atoms with E-state index >= 15 is 0 Å². The van der Waals surface area contributed by atoms with Crippen molar-refractivity contribution in [3.05, 3.63) is 42.5 Å². The van der Waals surface area contributed by atoms with Crippen molar-refractivity contribution in [3.63, 3.8) is 0 Å². The number of rotatable bonds is 3. The van der Waals surface area contributed by atoms with Crippen molar-refractivity contribution in [3.8, 4) is 0 Å². The van der Waals surface area contributed by atoms with Gasteiger partial charge in [0, 0.05) is 26.0 Å². The van der Waals surface area contributed by atoms with Crippen LogP contribution in [-0.2, 0) is 9.59 Å². The number of carbonyl (C=O) groups excluding carboxylic acids is 2. The van der Waals surface area contributed by atoms with Gasteiger partial charge >= 0.3 is 0 Å². The molecule has 1 fully saturated rings. The molecule has 2 rings (SSSR count). The van der Waals surface area contributed by atoms with Crippen LogP contribution in [0.3, 0.4) is 0 Å². The Hall–Kier alpha value is -1.90. The Balaban J connectivity index is 0.00000162. The minimum absolute atomic E-state index is 0. The third kappa shape index (κ3) is 2.28. The maximum atomic E-state index is 11.8. The molecule has 0 aromatic heterocycles. The van der Waals surface area contributed by atoms with Crippen LogP contribution in [0.2, 0.25) is 0 Å². The summed E-state index contributed by atoms with van der Waals surface area (Å²) in [5.74, 6) is -0.275. The molecule has 1 aromatic rings. The van der Waals surface area contributed by atoms with E-state index in [0.717, 1.165) is 11.3 Å². The molecule has 1 heterocycles. The highest BCUT2D eigenvalue weighted by Gasteiger charge is 2.33. The first-order chi connectivity index (χ1) is 8.11. The van der Waals surface area contributed by atoms with Gasteiger partial charge in [-0.05, 0) is 25.1 Å². The van der Waals surface area contributed by atoms with Gasteiger partial charge in [-0.25, -0.2) is 0 Å². The predicted octanol–water partition coefficient (Wildman–Crippen LogP) is 2.35. The van der Waals surface area contributed by atoms with Crippen LogP contribution in [0.5, 0.6) is 0 Å². The molecule has 0 radical (unpaired) electrons. The molecule has 1 atom stereocenters. The minimum atomic E-state index is -0.235. The molecule has 0 spiro atoms. The number of ketones is 1. The summed E-state index contributed by atoms with van der Waals surface area (Å²) in [4.78, 5) is 25.0. The molecule has 1 aliphatic rings. The van der Waals surface area contributed by atoms with E-state index in [1.165, 1.54) is 6.08 Å². The molecule has 3 heteroatoms. The van der Waals surface area contributed by atoms with E-state index in [4.69, 9.17) is 0 Å². The van der Waals surface area contributed by atoms with Crippen LogP contribution in [-0.4, -0.2) is 18.2 Å². The van der Waals surface area contributed by atoms with Crippen molar-refractivity contribution in [2.24, 2.45) is 5.92 Å². The number of benzene rings is 1. The summed E-state index contributed by atoms with van der Waals surface area (Å²) in [5.41, 5.74) is 2.01. The van der Waals surface area contributed by atoms with Crippen molar-refractivity contribution in [1.29, 1.82) is 0 Å². The molecule has 90 valence electrons. The lowest BCUT2D eigenvalue weighted by molar-refractivity contribution is -0.121. The number of carbonyl (C=O) groups is 2. The Kier molecular flexibility index (Phi) is 3.09. The molecule has 0 saturated carbocycles. The van der Waals surface area contributed by atoms with Crippen LogP contribution in [0.15, 0.2) is 36.9 Å². The van der Waals surface area contributed by atoms with Gasteiger partial charge in [-0.15, -0.1) is 0 Å². The van der Waals surface area contributed by atoms with Gasteiger partial charge in [-0.1, -0.05) is 24.3 Å². The molecular weight excluding hydrogens is 214 g/mol. The molecule has 1 aliphatic heterocycles. The maximum absolute atomic E-state index is 11.8. The van der Waals surface area contributed by atoms with Gasteiger partial charge in [0.25, 0.3) is 0 Å². The average Bonchev–Trinajstić information content (AvgIpc) is 2.71. The molecule has 1 saturated heterocycles. The van der Waals surface area contributed by atoms with E-state index < -0.39 is 0 Å². The summed E-state index contributed by atoms with van der Waals surface area (Å²) in [7, 11) is 0. The van der Waals surface area contributed by atoms with Gasteiger partial charge in [0.15, 0.2) is 5.78 Å². The molecule has 1 amide bonds. The number of aryl methyl sites for hydroxylation is 1. The summed E-state index contributed by atoms with van der Waals surface area (Å²) < 4.78 is 0. The number of hydrogen-bond acceptors (Lipinski definition) is 2. The average molecular weight is 231 g/mol. The molecule has 0 N–H and O–H groups in total. The van der Waals surface area contributed by atoms with E-state index in [0.29, 0.717) is 13.0 Å². The van der Waals surface area contributed by atoms with Crippen LogP contribution in [0.4, 0.5) is 5.69 Å². The van der Waals surface area contributed by atoms with Gasteiger partial charge in [0.1, 0.15) is 0 Å². The van der Waals surface area contributed by atoms with Crippen LogP contribution in [0, 0.1) is 12.8 Å². The normalized spacial score (nSPS) is 19.5. The highest BCUT2D eigenvalue weighted by Crippen LogP contribution is 2.25. The fraction of sp³-hybridized carbons (Fsp3) is 0.286. The summed E-state index contributed by atoms with van der Waals surface area (Å²) in [6.45, 7) is 5.92. The minimum Gasteiger partial charge on any atom is -0.312 e. The number of anilines is 1. The van der Waals surface area contributed by atoms with E-state index in [2.05, 4.69) is 6.58 Å². The topological polar surface area (TPSA) is 37.4 Å². The quantitative estimate of drug-likeness (QED) is 0.749. The number of allylic oxidation sites excluding steroid dienone is 1. The molecule has 1 aromatic carbocycles.